The van der Waals surface area contributed by atoms with E-state index in [4.69, 9.17) is 0 Å². The molecule has 2 unspecified atom stereocenters. The minimum Gasteiger partial charge on any atom is -0.340 e. The van der Waals surface area contributed by atoms with Gasteiger partial charge in [-0.25, -0.2) is 0 Å². The number of hydrogen-bond acceptors (Lipinski definition) is 3. The van der Waals surface area contributed by atoms with Crippen LogP contribution < -0.4 is 5.32 Å². The fourth-order valence-corrected chi connectivity index (χ4v) is 2.12. The monoisotopic (exact) mass is 216 g/mol. The summed E-state index contributed by atoms with van der Waals surface area (Å²) in [5.41, 5.74) is 0. The van der Waals surface area contributed by atoms with Gasteiger partial charge in [-0.2, -0.15) is 11.8 Å². The Morgan fingerprint density at radius 1 is 1.64 bits per heavy atom. The van der Waals surface area contributed by atoms with Crippen LogP contribution in [-0.2, 0) is 4.79 Å². The van der Waals surface area contributed by atoms with Crippen LogP contribution in [0.25, 0.3) is 0 Å². The molecular weight excluding hydrogens is 196 g/mol. The Kier molecular flexibility index (Phi) is 4.75. The van der Waals surface area contributed by atoms with Gasteiger partial charge in [-0.3, -0.25) is 4.79 Å². The number of nitrogens with zero attached hydrogens (tertiary/aromatic N) is 1. The molecular formula is C10H20N2OS. The number of nitrogens with one attached hydrogen (secondary N) is 1. The molecule has 0 radical (unpaired) electrons. The highest BCUT2D eigenvalue weighted by Gasteiger charge is 2.25. The van der Waals surface area contributed by atoms with E-state index in [0.29, 0.717) is 6.04 Å². The molecule has 0 saturated carbocycles. The minimum atomic E-state index is 0.102. The smallest absolute Gasteiger partial charge is 0.235 e. The number of likely N-dealkylation sites (N-methyl/N-ethyl adjacent to an activating group) is 1. The Morgan fingerprint density at radius 3 is 2.93 bits per heavy atom. The number of likely N-dealkylation sites (tertiary alicyclic amines) is 1. The molecule has 2 atom stereocenters. The Balaban J connectivity index is 2.47. The standard InChI is InChI=1S/C10H20N2OS/c1-8(14-3)10(13)12-6-4-5-9(7-12)11-2/h8-9,11H,4-7H2,1-3H3. The zero-order chi connectivity index (χ0) is 10.6. The van der Waals surface area contributed by atoms with Gasteiger partial charge in [-0.05, 0) is 33.1 Å². The van der Waals surface area contributed by atoms with E-state index >= 15 is 0 Å². The van der Waals surface area contributed by atoms with Crippen LogP contribution >= 0.6 is 11.8 Å². The maximum absolute atomic E-state index is 11.9. The fraction of sp³-hybridized carbons (Fsp3) is 0.900. The summed E-state index contributed by atoms with van der Waals surface area (Å²) in [6.45, 7) is 3.79. The molecule has 0 aromatic carbocycles. The molecule has 0 bridgehead atoms. The Labute approximate surface area is 90.6 Å². The number of carbonyl (C=O) groups is 1. The number of thioether (sulfide) groups is 1. The molecule has 1 aliphatic heterocycles. The second-order valence-corrected chi connectivity index (χ2v) is 4.97. The maximum Gasteiger partial charge on any atom is 0.235 e. The minimum absolute atomic E-state index is 0.102. The van der Waals surface area contributed by atoms with E-state index in [2.05, 4.69) is 5.32 Å². The molecule has 0 aliphatic carbocycles. The van der Waals surface area contributed by atoms with E-state index in [1.165, 1.54) is 6.42 Å². The van der Waals surface area contributed by atoms with E-state index in [1.807, 2.05) is 25.1 Å². The highest BCUT2D eigenvalue weighted by molar-refractivity contribution is 7.99. The van der Waals surface area contributed by atoms with Crippen molar-refractivity contribution in [2.24, 2.45) is 0 Å². The summed E-state index contributed by atoms with van der Waals surface area (Å²) in [5, 5.41) is 3.35. The van der Waals surface area contributed by atoms with Crippen LogP contribution in [-0.4, -0.2) is 48.5 Å². The molecule has 1 rings (SSSR count). The van der Waals surface area contributed by atoms with Crippen molar-refractivity contribution in [2.75, 3.05) is 26.4 Å². The normalized spacial score (nSPS) is 24.8. The summed E-state index contributed by atoms with van der Waals surface area (Å²) >= 11 is 1.62. The molecule has 0 aromatic rings. The van der Waals surface area contributed by atoms with Crippen molar-refractivity contribution < 1.29 is 4.79 Å². The van der Waals surface area contributed by atoms with E-state index in [1.54, 1.807) is 11.8 Å². The van der Waals surface area contributed by atoms with Crippen LogP contribution in [0, 0.1) is 0 Å². The molecule has 0 spiro atoms. The van der Waals surface area contributed by atoms with Gasteiger partial charge < -0.3 is 10.2 Å². The summed E-state index contributed by atoms with van der Waals surface area (Å²) in [6.07, 6.45) is 4.30. The quantitative estimate of drug-likeness (QED) is 0.762. The van der Waals surface area contributed by atoms with Gasteiger partial charge in [0.2, 0.25) is 5.91 Å². The average molecular weight is 216 g/mol. The average Bonchev–Trinajstić information content (AvgIpc) is 2.27. The molecule has 0 aromatic heterocycles. The zero-order valence-electron chi connectivity index (χ0n) is 9.25. The number of hydrogen-bond donors (Lipinski definition) is 1. The zero-order valence-corrected chi connectivity index (χ0v) is 10.1. The second-order valence-electron chi connectivity index (χ2n) is 3.79. The van der Waals surface area contributed by atoms with Crippen LogP contribution in [0.2, 0.25) is 0 Å². The summed E-state index contributed by atoms with van der Waals surface area (Å²) in [7, 11) is 1.97. The van der Waals surface area contributed by atoms with Crippen molar-refractivity contribution in [2.45, 2.75) is 31.1 Å². The van der Waals surface area contributed by atoms with Gasteiger partial charge in [0.15, 0.2) is 0 Å². The largest absolute Gasteiger partial charge is 0.340 e. The lowest BCUT2D eigenvalue weighted by atomic mass is 10.1. The van der Waals surface area contributed by atoms with Crippen LogP contribution in [0.3, 0.4) is 0 Å². The Bertz CT molecular complexity index is 199. The van der Waals surface area contributed by atoms with Crippen molar-refractivity contribution in [1.82, 2.24) is 10.2 Å². The van der Waals surface area contributed by atoms with E-state index in [9.17, 15) is 4.79 Å². The summed E-state index contributed by atoms with van der Waals surface area (Å²) in [4.78, 5) is 13.9. The van der Waals surface area contributed by atoms with E-state index < -0.39 is 0 Å². The number of piperidine rings is 1. The Morgan fingerprint density at radius 2 is 2.36 bits per heavy atom. The first-order chi connectivity index (χ1) is 6.69. The van der Waals surface area contributed by atoms with Crippen molar-refractivity contribution in [1.29, 1.82) is 0 Å². The fourth-order valence-electron chi connectivity index (χ4n) is 1.77. The molecule has 1 aliphatic rings. The molecule has 1 fully saturated rings. The SMILES string of the molecule is CNC1CCCN(C(=O)C(C)SC)C1. The van der Waals surface area contributed by atoms with Gasteiger partial charge >= 0.3 is 0 Å². The van der Waals surface area contributed by atoms with Gasteiger partial charge in [-0.1, -0.05) is 0 Å². The van der Waals surface area contributed by atoms with Crippen LogP contribution in [0.5, 0.6) is 0 Å². The van der Waals surface area contributed by atoms with Crippen LogP contribution in [0.4, 0.5) is 0 Å². The predicted molar refractivity (Wildman–Crippen MR) is 61.6 cm³/mol. The number of amides is 1. The third kappa shape index (κ3) is 2.89. The molecule has 1 heterocycles. The second kappa shape index (κ2) is 5.61. The summed E-state index contributed by atoms with van der Waals surface area (Å²) in [6, 6.07) is 0.488. The van der Waals surface area contributed by atoms with Crippen molar-refractivity contribution in [3.05, 3.63) is 0 Å². The number of carbonyl (C=O) groups excluding carboxylic acids is 1. The van der Waals surface area contributed by atoms with Crippen molar-refractivity contribution >= 4 is 17.7 Å². The van der Waals surface area contributed by atoms with Gasteiger partial charge in [-0.15, -0.1) is 0 Å². The van der Waals surface area contributed by atoms with Crippen LogP contribution in [0.1, 0.15) is 19.8 Å². The first-order valence-electron chi connectivity index (χ1n) is 5.18. The van der Waals surface area contributed by atoms with Gasteiger partial charge in [0, 0.05) is 19.1 Å². The Hall–Kier alpha value is -0.220. The molecule has 82 valence electrons. The lowest BCUT2D eigenvalue weighted by molar-refractivity contribution is -0.131. The van der Waals surface area contributed by atoms with Gasteiger partial charge in [0.05, 0.1) is 5.25 Å². The predicted octanol–water partition coefficient (Wildman–Crippen LogP) is 0.948. The molecule has 3 nitrogen and oxygen atoms in total. The lowest BCUT2D eigenvalue weighted by Gasteiger charge is -2.33. The molecule has 1 saturated heterocycles. The maximum atomic E-state index is 11.9. The van der Waals surface area contributed by atoms with Gasteiger partial charge in [0.25, 0.3) is 0 Å². The van der Waals surface area contributed by atoms with Crippen molar-refractivity contribution in [3.8, 4) is 0 Å². The first-order valence-corrected chi connectivity index (χ1v) is 6.46. The molecule has 4 heteroatoms. The van der Waals surface area contributed by atoms with E-state index in [0.717, 1.165) is 19.5 Å². The topological polar surface area (TPSA) is 32.3 Å². The molecule has 14 heavy (non-hydrogen) atoms. The third-order valence-electron chi connectivity index (χ3n) is 2.84. The highest BCUT2D eigenvalue weighted by Crippen LogP contribution is 2.15. The summed E-state index contributed by atoms with van der Waals surface area (Å²) < 4.78 is 0. The molecule has 1 amide bonds. The third-order valence-corrected chi connectivity index (χ3v) is 3.75. The van der Waals surface area contributed by atoms with Gasteiger partial charge in [0.1, 0.15) is 0 Å². The summed E-state index contributed by atoms with van der Waals surface area (Å²) in [5.74, 6) is 0.289. The van der Waals surface area contributed by atoms with E-state index in [-0.39, 0.29) is 11.2 Å². The van der Waals surface area contributed by atoms with Crippen molar-refractivity contribution in [3.63, 3.8) is 0 Å². The van der Waals surface area contributed by atoms with Crippen LogP contribution in [0.15, 0.2) is 0 Å². The molecule has 1 N–H and O–H groups in total. The number of rotatable bonds is 3. The highest BCUT2D eigenvalue weighted by atomic mass is 32.2. The lowest BCUT2D eigenvalue weighted by Crippen LogP contribution is -2.49. The first kappa shape index (κ1) is 11.9.